The number of hydrogen-bond acceptors (Lipinski definition) is 4. The highest BCUT2D eigenvalue weighted by Crippen LogP contribution is 2.47. The number of allylic oxidation sites excluding steroid dienone is 4. The Bertz CT molecular complexity index is 3040. The minimum absolute atomic E-state index is 0.661. The number of rotatable bonds is 4. The molecule has 5 nitrogen and oxygen atoms in total. The van der Waals surface area contributed by atoms with E-state index in [1.165, 1.54) is 38.1 Å². The number of hydrogen-bond donors (Lipinski definition) is 0. The van der Waals surface area contributed by atoms with Gasteiger partial charge in [0, 0.05) is 43.4 Å². The second-order valence-corrected chi connectivity index (χ2v) is 13.1. The first kappa shape index (κ1) is 27.4. The summed E-state index contributed by atoms with van der Waals surface area (Å²) in [6.45, 7) is 0. The van der Waals surface area contributed by atoms with Crippen LogP contribution in [0.2, 0.25) is 0 Å². The van der Waals surface area contributed by atoms with E-state index < -0.39 is 0 Å². The maximum absolute atomic E-state index is 6.73. The van der Waals surface area contributed by atoms with Crippen LogP contribution >= 0.6 is 0 Å². The molecule has 11 rings (SSSR count). The van der Waals surface area contributed by atoms with E-state index >= 15 is 0 Å². The van der Waals surface area contributed by atoms with Gasteiger partial charge in [0.2, 0.25) is 0 Å². The van der Waals surface area contributed by atoms with Gasteiger partial charge < -0.3 is 8.82 Å². The Kier molecular flexibility index (Phi) is 5.72. The first-order valence-electron chi connectivity index (χ1n) is 17.1. The van der Waals surface area contributed by atoms with Crippen molar-refractivity contribution in [2.75, 3.05) is 0 Å². The van der Waals surface area contributed by atoms with E-state index in [-0.39, 0.29) is 0 Å². The average molecular weight is 641 g/mol. The van der Waals surface area contributed by atoms with Gasteiger partial charge in [-0.3, -0.25) is 0 Å². The summed E-state index contributed by atoms with van der Waals surface area (Å²) in [6, 6.07) is 44.8. The molecule has 0 spiro atoms. The van der Waals surface area contributed by atoms with Gasteiger partial charge in [-0.05, 0) is 59.9 Å². The molecular formula is C45H28N4O. The van der Waals surface area contributed by atoms with Gasteiger partial charge in [0.25, 0.3) is 0 Å². The van der Waals surface area contributed by atoms with Crippen LogP contribution in [-0.2, 0) is 0 Å². The second-order valence-electron chi connectivity index (χ2n) is 13.1. The molecule has 234 valence electrons. The number of fused-ring (bicyclic) bond motifs is 10. The maximum atomic E-state index is 6.73. The first-order chi connectivity index (χ1) is 24.8. The Morgan fingerprint density at radius 3 is 2.06 bits per heavy atom. The van der Waals surface area contributed by atoms with Gasteiger partial charge >= 0.3 is 0 Å². The van der Waals surface area contributed by atoms with Crippen LogP contribution in [0.15, 0.2) is 150 Å². The predicted molar refractivity (Wildman–Crippen MR) is 204 cm³/mol. The van der Waals surface area contributed by atoms with E-state index in [1.54, 1.807) is 0 Å². The van der Waals surface area contributed by atoms with E-state index in [1.807, 2.05) is 18.2 Å². The smallest absolute Gasteiger partial charge is 0.164 e. The lowest BCUT2D eigenvalue weighted by Gasteiger charge is -2.12. The lowest BCUT2D eigenvalue weighted by molar-refractivity contribution is 0.670. The number of furan rings is 1. The second kappa shape index (κ2) is 10.5. The normalized spacial score (nSPS) is 13.5. The highest BCUT2D eigenvalue weighted by Gasteiger charge is 2.24. The number of benzene rings is 6. The summed E-state index contributed by atoms with van der Waals surface area (Å²) in [5.41, 5.74) is 10.7. The molecule has 0 atom stereocenters. The van der Waals surface area contributed by atoms with Crippen LogP contribution in [0.25, 0.3) is 99.5 Å². The van der Waals surface area contributed by atoms with Crippen LogP contribution in [0.5, 0.6) is 0 Å². The van der Waals surface area contributed by atoms with Crippen molar-refractivity contribution in [2.24, 2.45) is 0 Å². The molecule has 0 saturated carbocycles. The van der Waals surface area contributed by atoms with E-state index in [0.717, 1.165) is 68.4 Å². The van der Waals surface area contributed by atoms with Crippen molar-refractivity contribution < 1.29 is 4.42 Å². The fourth-order valence-electron chi connectivity index (χ4n) is 8.04. The van der Waals surface area contributed by atoms with Gasteiger partial charge in [-0.1, -0.05) is 115 Å². The third-order valence-electron chi connectivity index (χ3n) is 10.2. The largest absolute Gasteiger partial charge is 0.456 e. The predicted octanol–water partition coefficient (Wildman–Crippen LogP) is 11.7. The number of nitrogens with zero attached hydrogens (tertiary/aromatic N) is 4. The molecule has 50 heavy (non-hydrogen) atoms. The lowest BCUT2D eigenvalue weighted by atomic mass is 9.95. The quantitative estimate of drug-likeness (QED) is 0.192. The fourth-order valence-corrected chi connectivity index (χ4v) is 8.04. The van der Waals surface area contributed by atoms with E-state index in [0.29, 0.717) is 11.6 Å². The van der Waals surface area contributed by atoms with Gasteiger partial charge in [0.1, 0.15) is 11.2 Å². The Balaban J connectivity index is 1.17. The molecule has 4 aromatic heterocycles. The van der Waals surface area contributed by atoms with Crippen molar-refractivity contribution in [2.45, 2.75) is 12.8 Å². The summed E-state index contributed by atoms with van der Waals surface area (Å²) < 4.78 is 9.16. The van der Waals surface area contributed by atoms with E-state index in [4.69, 9.17) is 19.4 Å². The molecule has 0 fully saturated rings. The van der Waals surface area contributed by atoms with Crippen LogP contribution in [0.3, 0.4) is 0 Å². The number of para-hydroxylation sites is 2. The lowest BCUT2D eigenvalue weighted by Crippen LogP contribution is -2.03. The Morgan fingerprint density at radius 1 is 0.520 bits per heavy atom. The SMILES string of the molecule is C1=CCCC(c2nc(-c3ccccc3)nc(-c3cccc(-c4cccc5oc6cc7c8ccccc8n8c9ccccc9c(c6c45)c78)c3)n2)=C1. The van der Waals surface area contributed by atoms with Crippen LogP contribution in [-0.4, -0.2) is 19.4 Å². The standard InChI is InChI=1S/C45H28N4O/c1-3-13-27(14-4-1)43-46-44(28-15-5-2-6-16-28)48-45(47-43)30-18-11-17-29(25-30)31-21-12-24-37-39(31)41-38(50-37)26-34-32-19-7-9-22-35(32)49-36-23-10-8-20-33(36)40(41)42(34)49/h1-5,7-15,17-26H,6,16H2. The van der Waals surface area contributed by atoms with Crippen molar-refractivity contribution in [3.05, 3.63) is 151 Å². The minimum atomic E-state index is 0.661. The summed E-state index contributed by atoms with van der Waals surface area (Å²) in [5.74, 6) is 2.07. The molecule has 5 heteroatoms. The molecule has 0 amide bonds. The molecule has 0 N–H and O–H groups in total. The zero-order valence-corrected chi connectivity index (χ0v) is 27.0. The van der Waals surface area contributed by atoms with Crippen molar-refractivity contribution in [1.82, 2.24) is 19.4 Å². The topological polar surface area (TPSA) is 56.2 Å². The van der Waals surface area contributed by atoms with E-state index in [9.17, 15) is 0 Å². The summed E-state index contributed by atoms with van der Waals surface area (Å²) in [4.78, 5) is 15.0. The van der Waals surface area contributed by atoms with Crippen LogP contribution < -0.4 is 0 Å². The molecule has 0 bridgehead atoms. The highest BCUT2D eigenvalue weighted by atomic mass is 16.3. The molecule has 0 saturated heterocycles. The van der Waals surface area contributed by atoms with Crippen molar-refractivity contribution in [1.29, 1.82) is 0 Å². The molecule has 4 heterocycles. The minimum Gasteiger partial charge on any atom is -0.456 e. The molecule has 1 aliphatic carbocycles. The summed E-state index contributed by atoms with van der Waals surface area (Å²) in [6.07, 6.45) is 8.28. The van der Waals surface area contributed by atoms with Gasteiger partial charge in [-0.15, -0.1) is 0 Å². The summed E-state index contributed by atoms with van der Waals surface area (Å²) >= 11 is 0. The molecule has 0 radical (unpaired) electrons. The van der Waals surface area contributed by atoms with Crippen molar-refractivity contribution >= 4 is 65.6 Å². The number of aromatic nitrogens is 4. The van der Waals surface area contributed by atoms with Gasteiger partial charge in [-0.2, -0.15) is 0 Å². The molecule has 0 aliphatic heterocycles. The van der Waals surface area contributed by atoms with Gasteiger partial charge in [-0.25, -0.2) is 15.0 Å². The van der Waals surface area contributed by atoms with Crippen LogP contribution in [0, 0.1) is 0 Å². The zero-order chi connectivity index (χ0) is 32.8. The summed E-state index contributed by atoms with van der Waals surface area (Å²) in [5, 5.41) is 7.17. The Morgan fingerprint density at radius 2 is 1.22 bits per heavy atom. The molecule has 0 unspecified atom stereocenters. The van der Waals surface area contributed by atoms with Gasteiger partial charge in [0.05, 0.1) is 16.6 Å². The van der Waals surface area contributed by atoms with Crippen molar-refractivity contribution in [3.8, 4) is 33.9 Å². The van der Waals surface area contributed by atoms with E-state index in [2.05, 4.69) is 132 Å². The Hall–Kier alpha value is -6.59. The van der Waals surface area contributed by atoms with Gasteiger partial charge in [0.15, 0.2) is 17.5 Å². The maximum Gasteiger partial charge on any atom is 0.164 e. The van der Waals surface area contributed by atoms with Crippen LogP contribution in [0.1, 0.15) is 18.7 Å². The molecule has 10 aromatic rings. The highest BCUT2D eigenvalue weighted by molar-refractivity contribution is 6.35. The molecule has 6 aromatic carbocycles. The van der Waals surface area contributed by atoms with Crippen LogP contribution in [0.4, 0.5) is 0 Å². The van der Waals surface area contributed by atoms with Crippen molar-refractivity contribution in [3.63, 3.8) is 0 Å². The third kappa shape index (κ3) is 3.92. The monoisotopic (exact) mass is 640 g/mol. The molecule has 1 aliphatic rings. The zero-order valence-electron chi connectivity index (χ0n) is 27.0. The molecular weight excluding hydrogens is 613 g/mol. The Labute approximate surface area is 286 Å². The first-order valence-corrected chi connectivity index (χ1v) is 17.1. The summed E-state index contributed by atoms with van der Waals surface area (Å²) in [7, 11) is 0. The third-order valence-corrected chi connectivity index (χ3v) is 10.2. The fraction of sp³-hybridized carbons (Fsp3) is 0.0444. The average Bonchev–Trinajstić information content (AvgIpc) is 3.85.